The molecule has 3 rings (SSSR count). The Hall–Kier alpha value is -1.34. The number of carbonyl (C=O) groups excluding carboxylic acids is 1. The van der Waals surface area contributed by atoms with Crippen molar-refractivity contribution in [1.29, 1.82) is 0 Å². The van der Waals surface area contributed by atoms with Gasteiger partial charge in [0.25, 0.3) is 0 Å². The van der Waals surface area contributed by atoms with Crippen LogP contribution >= 0.6 is 0 Å². The molecule has 0 spiro atoms. The van der Waals surface area contributed by atoms with Crippen LogP contribution in [-0.4, -0.2) is 110 Å². The fourth-order valence-corrected chi connectivity index (χ4v) is 4.50. The maximum atomic E-state index is 12.7. The summed E-state index contributed by atoms with van der Waals surface area (Å²) in [7, 11) is 2.19. The second kappa shape index (κ2) is 9.73. The van der Waals surface area contributed by atoms with E-state index in [0.717, 1.165) is 77.7 Å². The maximum Gasteiger partial charge on any atom is 0.239 e. The van der Waals surface area contributed by atoms with Crippen molar-refractivity contribution in [3.8, 4) is 0 Å². The van der Waals surface area contributed by atoms with Gasteiger partial charge in [-0.2, -0.15) is 0 Å². The van der Waals surface area contributed by atoms with Gasteiger partial charge in [-0.05, 0) is 52.6 Å². The molecule has 7 nitrogen and oxygen atoms in total. The SMILES string of the molecule is CCNC(=NCC1CCN(C)C1)N1CCN(C(C)C(=O)N2CCCC2)CC1. The van der Waals surface area contributed by atoms with Crippen molar-refractivity contribution in [2.24, 2.45) is 10.9 Å². The summed E-state index contributed by atoms with van der Waals surface area (Å²) in [4.78, 5) is 26.7. The Bertz CT molecular complexity index is 511. The standard InChI is InChI=1S/C20H38N6O/c1-4-21-20(22-15-18-7-10-23(3)16-18)26-13-11-24(12-14-26)17(2)19(27)25-8-5-6-9-25/h17-18H,4-16H2,1-3H3,(H,21,22). The highest BCUT2D eigenvalue weighted by Crippen LogP contribution is 2.16. The average molecular weight is 379 g/mol. The number of rotatable bonds is 5. The Labute approximate surface area is 164 Å². The molecule has 7 heteroatoms. The molecular weight excluding hydrogens is 340 g/mol. The molecule has 154 valence electrons. The molecule has 0 aromatic heterocycles. The summed E-state index contributed by atoms with van der Waals surface area (Å²) in [6.07, 6.45) is 3.57. The predicted octanol–water partition coefficient (Wildman–Crippen LogP) is 0.532. The first-order valence-electron chi connectivity index (χ1n) is 10.8. The molecule has 3 heterocycles. The molecule has 0 aliphatic carbocycles. The summed E-state index contributed by atoms with van der Waals surface area (Å²) in [5, 5.41) is 3.47. The Morgan fingerprint density at radius 3 is 2.37 bits per heavy atom. The first kappa shape index (κ1) is 20.4. The summed E-state index contributed by atoms with van der Waals surface area (Å²) in [6.45, 7) is 14.0. The van der Waals surface area contributed by atoms with Crippen LogP contribution in [0.15, 0.2) is 4.99 Å². The zero-order chi connectivity index (χ0) is 19.2. The first-order valence-corrected chi connectivity index (χ1v) is 10.8. The van der Waals surface area contributed by atoms with Gasteiger partial charge < -0.3 is 20.0 Å². The second-order valence-corrected chi connectivity index (χ2v) is 8.34. The van der Waals surface area contributed by atoms with E-state index < -0.39 is 0 Å². The van der Waals surface area contributed by atoms with Crippen molar-refractivity contribution < 1.29 is 4.79 Å². The highest BCUT2D eigenvalue weighted by Gasteiger charge is 2.30. The number of carbonyl (C=O) groups is 1. The zero-order valence-corrected chi connectivity index (χ0v) is 17.5. The minimum atomic E-state index is -0.00111. The largest absolute Gasteiger partial charge is 0.357 e. The summed E-state index contributed by atoms with van der Waals surface area (Å²) in [5.41, 5.74) is 0. The molecule has 3 fully saturated rings. The molecule has 2 atom stereocenters. The number of likely N-dealkylation sites (tertiary alicyclic amines) is 2. The van der Waals surface area contributed by atoms with Crippen LogP contribution in [0.1, 0.15) is 33.1 Å². The van der Waals surface area contributed by atoms with Gasteiger partial charge in [0.15, 0.2) is 5.96 Å². The fourth-order valence-electron chi connectivity index (χ4n) is 4.50. The van der Waals surface area contributed by atoms with Gasteiger partial charge in [-0.1, -0.05) is 0 Å². The third-order valence-electron chi connectivity index (χ3n) is 6.26. The molecular formula is C20H38N6O. The summed E-state index contributed by atoms with van der Waals surface area (Å²) < 4.78 is 0. The molecule has 0 radical (unpaired) electrons. The zero-order valence-electron chi connectivity index (χ0n) is 17.5. The molecule has 27 heavy (non-hydrogen) atoms. The van der Waals surface area contributed by atoms with Crippen LogP contribution in [-0.2, 0) is 4.79 Å². The van der Waals surface area contributed by atoms with Gasteiger partial charge in [-0.15, -0.1) is 0 Å². The molecule has 0 bridgehead atoms. The number of guanidine groups is 1. The van der Waals surface area contributed by atoms with E-state index in [4.69, 9.17) is 4.99 Å². The molecule has 3 aliphatic heterocycles. The maximum absolute atomic E-state index is 12.7. The molecule has 3 aliphatic rings. The fraction of sp³-hybridized carbons (Fsp3) is 0.900. The van der Waals surface area contributed by atoms with Gasteiger partial charge in [-0.25, -0.2) is 0 Å². The van der Waals surface area contributed by atoms with Crippen LogP contribution in [0.2, 0.25) is 0 Å². The number of piperazine rings is 1. The molecule has 0 saturated carbocycles. The highest BCUT2D eigenvalue weighted by atomic mass is 16.2. The lowest BCUT2D eigenvalue weighted by atomic mass is 10.1. The molecule has 1 N–H and O–H groups in total. The number of amides is 1. The monoisotopic (exact) mass is 378 g/mol. The van der Waals surface area contributed by atoms with Crippen molar-refractivity contribution in [2.75, 3.05) is 72.5 Å². The van der Waals surface area contributed by atoms with Crippen LogP contribution in [0.3, 0.4) is 0 Å². The van der Waals surface area contributed by atoms with E-state index in [1.165, 1.54) is 13.0 Å². The summed E-state index contributed by atoms with van der Waals surface area (Å²) in [6, 6.07) is -0.00111. The summed E-state index contributed by atoms with van der Waals surface area (Å²) in [5.74, 6) is 2.04. The predicted molar refractivity (Wildman–Crippen MR) is 110 cm³/mol. The number of nitrogens with one attached hydrogen (secondary N) is 1. The number of nitrogens with zero attached hydrogens (tertiary/aromatic N) is 5. The van der Waals surface area contributed by atoms with Crippen molar-refractivity contribution in [3.05, 3.63) is 0 Å². The van der Waals surface area contributed by atoms with E-state index in [9.17, 15) is 4.79 Å². The minimum absolute atomic E-state index is 0.00111. The van der Waals surface area contributed by atoms with Crippen molar-refractivity contribution in [1.82, 2.24) is 24.9 Å². The van der Waals surface area contributed by atoms with E-state index in [0.29, 0.717) is 11.8 Å². The van der Waals surface area contributed by atoms with Crippen molar-refractivity contribution in [2.45, 2.75) is 39.2 Å². The minimum Gasteiger partial charge on any atom is -0.357 e. The number of hydrogen-bond donors (Lipinski definition) is 1. The summed E-state index contributed by atoms with van der Waals surface area (Å²) >= 11 is 0. The van der Waals surface area contributed by atoms with E-state index in [2.05, 4.69) is 40.9 Å². The third-order valence-corrected chi connectivity index (χ3v) is 6.26. The van der Waals surface area contributed by atoms with Crippen molar-refractivity contribution >= 4 is 11.9 Å². The molecule has 0 aromatic carbocycles. The lowest BCUT2D eigenvalue weighted by molar-refractivity contribution is -0.135. The van der Waals surface area contributed by atoms with Gasteiger partial charge in [0.05, 0.1) is 6.04 Å². The molecule has 1 amide bonds. The van der Waals surface area contributed by atoms with Crippen LogP contribution in [0, 0.1) is 5.92 Å². The number of hydrogen-bond acceptors (Lipinski definition) is 4. The Morgan fingerprint density at radius 2 is 1.78 bits per heavy atom. The Morgan fingerprint density at radius 1 is 1.07 bits per heavy atom. The van der Waals surface area contributed by atoms with E-state index >= 15 is 0 Å². The average Bonchev–Trinajstić information content (AvgIpc) is 3.36. The molecule has 2 unspecified atom stereocenters. The van der Waals surface area contributed by atoms with Gasteiger partial charge in [0.1, 0.15) is 0 Å². The topological polar surface area (TPSA) is 54.4 Å². The lowest BCUT2D eigenvalue weighted by Crippen LogP contribution is -2.57. The molecule has 0 aromatic rings. The van der Waals surface area contributed by atoms with Crippen LogP contribution in [0.25, 0.3) is 0 Å². The van der Waals surface area contributed by atoms with E-state index in [1.807, 2.05) is 4.90 Å². The normalized spacial score (nSPS) is 26.6. The van der Waals surface area contributed by atoms with Crippen LogP contribution < -0.4 is 5.32 Å². The molecule has 3 saturated heterocycles. The quantitative estimate of drug-likeness (QED) is 0.559. The van der Waals surface area contributed by atoms with Gasteiger partial charge in [-0.3, -0.25) is 14.7 Å². The Kier molecular flexibility index (Phi) is 7.35. The highest BCUT2D eigenvalue weighted by molar-refractivity contribution is 5.82. The third kappa shape index (κ3) is 5.35. The number of aliphatic imine (C=N–C) groups is 1. The van der Waals surface area contributed by atoms with Gasteiger partial charge in [0, 0.05) is 58.9 Å². The second-order valence-electron chi connectivity index (χ2n) is 8.34. The van der Waals surface area contributed by atoms with E-state index in [-0.39, 0.29) is 6.04 Å². The van der Waals surface area contributed by atoms with E-state index in [1.54, 1.807) is 0 Å². The lowest BCUT2D eigenvalue weighted by Gasteiger charge is -2.39. The Balaban J connectivity index is 1.50. The van der Waals surface area contributed by atoms with Crippen LogP contribution in [0.4, 0.5) is 0 Å². The van der Waals surface area contributed by atoms with Crippen molar-refractivity contribution in [3.63, 3.8) is 0 Å². The van der Waals surface area contributed by atoms with Gasteiger partial charge >= 0.3 is 0 Å². The first-order chi connectivity index (χ1) is 13.1. The van der Waals surface area contributed by atoms with Crippen LogP contribution in [0.5, 0.6) is 0 Å². The van der Waals surface area contributed by atoms with Gasteiger partial charge in [0.2, 0.25) is 5.91 Å². The smallest absolute Gasteiger partial charge is 0.239 e.